The van der Waals surface area contributed by atoms with E-state index in [2.05, 4.69) is 0 Å². The lowest BCUT2D eigenvalue weighted by molar-refractivity contribution is -0.140. The van der Waals surface area contributed by atoms with Crippen LogP contribution in [0, 0.1) is 0 Å². The number of phenolic OH excluding ortho intramolecular Hbond substituents is 1. The van der Waals surface area contributed by atoms with E-state index in [0.29, 0.717) is 0 Å². The predicted octanol–water partition coefficient (Wildman–Crippen LogP) is 1.18. The van der Waals surface area contributed by atoms with Crippen LogP contribution in [0.2, 0.25) is 0 Å². The molecule has 3 aliphatic rings. The third kappa shape index (κ3) is 1.78. The molecule has 24 heavy (non-hydrogen) atoms. The van der Waals surface area contributed by atoms with Crippen LogP contribution in [0.1, 0.15) is 34.1 Å². The predicted molar refractivity (Wildman–Crippen MR) is 79.2 cm³/mol. The third-order valence-electron chi connectivity index (χ3n) is 4.65. The van der Waals surface area contributed by atoms with E-state index < -0.39 is 35.8 Å². The number of Topliss-reactive ketones (excluding diaryl/α,β-unsaturated/α-hetero) is 2. The van der Waals surface area contributed by atoms with E-state index in [0.717, 1.165) is 0 Å². The molecule has 1 fully saturated rings. The van der Waals surface area contributed by atoms with E-state index in [4.69, 9.17) is 14.2 Å². The van der Waals surface area contributed by atoms with Gasteiger partial charge in [-0.15, -0.1) is 0 Å². The van der Waals surface area contributed by atoms with Crippen LogP contribution < -0.4 is 4.74 Å². The molecule has 2 aliphatic heterocycles. The highest BCUT2D eigenvalue weighted by molar-refractivity contribution is 6.29. The van der Waals surface area contributed by atoms with Crippen molar-refractivity contribution in [2.24, 2.45) is 0 Å². The van der Waals surface area contributed by atoms with Crippen LogP contribution in [0.5, 0.6) is 11.5 Å². The van der Waals surface area contributed by atoms with Crippen molar-refractivity contribution in [2.75, 3.05) is 7.11 Å². The molecule has 0 aromatic heterocycles. The lowest BCUT2D eigenvalue weighted by Crippen LogP contribution is -2.44. The maximum atomic E-state index is 12.9. The topological polar surface area (TPSA) is 99.1 Å². The lowest BCUT2D eigenvalue weighted by atomic mass is 9.77. The molecule has 1 aliphatic carbocycles. The number of esters is 1. The molecule has 3 atom stereocenters. The van der Waals surface area contributed by atoms with Crippen LogP contribution in [0.3, 0.4) is 0 Å². The van der Waals surface area contributed by atoms with Crippen LogP contribution in [0.4, 0.5) is 0 Å². The summed E-state index contributed by atoms with van der Waals surface area (Å²) >= 11 is 0. The Morgan fingerprint density at radius 2 is 1.92 bits per heavy atom. The molecule has 7 nitrogen and oxygen atoms in total. The summed E-state index contributed by atoms with van der Waals surface area (Å²) in [6.07, 6.45) is -2.08. The number of ether oxygens (including phenoxy) is 3. The van der Waals surface area contributed by atoms with Crippen LogP contribution in [-0.4, -0.2) is 48.1 Å². The van der Waals surface area contributed by atoms with E-state index in [1.165, 1.54) is 19.2 Å². The molecule has 0 bridgehead atoms. The molecule has 0 saturated carbocycles. The largest absolute Gasteiger partial charge is 0.504 e. The van der Waals surface area contributed by atoms with Crippen LogP contribution in [0.25, 0.3) is 0 Å². The molecule has 0 unspecified atom stereocenters. The number of benzene rings is 1. The van der Waals surface area contributed by atoms with E-state index in [9.17, 15) is 19.5 Å². The van der Waals surface area contributed by atoms with E-state index in [1.807, 2.05) is 0 Å². The molecule has 1 saturated heterocycles. The summed E-state index contributed by atoms with van der Waals surface area (Å²) in [5.74, 6) is -1.68. The number of phenols is 1. The number of hydrogen-bond donors (Lipinski definition) is 1. The highest BCUT2D eigenvalue weighted by Gasteiger charge is 2.51. The van der Waals surface area contributed by atoms with Crippen LogP contribution in [-0.2, 0) is 14.3 Å². The Labute approximate surface area is 136 Å². The van der Waals surface area contributed by atoms with Gasteiger partial charge in [0.1, 0.15) is 6.10 Å². The fourth-order valence-electron chi connectivity index (χ4n) is 3.60. The first-order chi connectivity index (χ1) is 11.4. The molecule has 0 spiro atoms. The first-order valence-corrected chi connectivity index (χ1v) is 7.52. The van der Waals surface area contributed by atoms with Crippen molar-refractivity contribution >= 4 is 17.5 Å². The molecular weight excluding hydrogens is 316 g/mol. The first-order valence-electron chi connectivity index (χ1n) is 7.52. The number of fused-ring (bicyclic) bond motifs is 3. The second kappa shape index (κ2) is 4.91. The summed E-state index contributed by atoms with van der Waals surface area (Å²) in [7, 11) is 1.36. The van der Waals surface area contributed by atoms with E-state index in [-0.39, 0.29) is 40.2 Å². The minimum atomic E-state index is -0.877. The molecule has 1 aromatic rings. The Hall–Kier alpha value is -2.67. The van der Waals surface area contributed by atoms with Gasteiger partial charge in [-0.2, -0.15) is 0 Å². The number of carbonyl (C=O) groups is 3. The summed E-state index contributed by atoms with van der Waals surface area (Å²) in [6.45, 7) is 1.64. The van der Waals surface area contributed by atoms with Crippen molar-refractivity contribution in [1.82, 2.24) is 0 Å². The van der Waals surface area contributed by atoms with Gasteiger partial charge in [0.05, 0.1) is 30.8 Å². The third-order valence-corrected chi connectivity index (χ3v) is 4.65. The number of rotatable bonds is 1. The fraction of sp³-hybridized carbons (Fsp3) is 0.353. The standard InChI is InChI=1S/C17H14O7/c1-6-11-13(17-9(23-6)5-10(18)24-17)14(19)7-3-4-8(22-2)15(20)12(7)16(11)21/h3-4,6,9,17,20H,5H2,1-2H3/t6-,9-,17+/m1/s1. The van der Waals surface area contributed by atoms with Crippen molar-refractivity contribution in [3.05, 3.63) is 34.4 Å². The zero-order valence-electron chi connectivity index (χ0n) is 13.0. The van der Waals surface area contributed by atoms with E-state index >= 15 is 0 Å². The van der Waals surface area contributed by atoms with Crippen LogP contribution >= 0.6 is 0 Å². The number of methoxy groups -OCH3 is 1. The maximum absolute atomic E-state index is 12.9. The van der Waals surface area contributed by atoms with Gasteiger partial charge in [0.25, 0.3) is 0 Å². The van der Waals surface area contributed by atoms with Gasteiger partial charge >= 0.3 is 5.97 Å². The van der Waals surface area contributed by atoms with E-state index in [1.54, 1.807) is 6.92 Å². The molecule has 0 radical (unpaired) electrons. The van der Waals surface area contributed by atoms with Crippen molar-refractivity contribution < 1.29 is 33.7 Å². The summed E-state index contributed by atoms with van der Waals surface area (Å²) in [5, 5.41) is 10.3. The molecule has 7 heteroatoms. The Bertz CT molecular complexity index is 836. The monoisotopic (exact) mass is 330 g/mol. The summed E-state index contributed by atoms with van der Waals surface area (Å²) in [4.78, 5) is 37.4. The van der Waals surface area contributed by atoms with Gasteiger partial charge < -0.3 is 19.3 Å². The number of ketones is 2. The normalized spacial score (nSPS) is 28.2. The van der Waals surface area contributed by atoms with Crippen molar-refractivity contribution in [3.63, 3.8) is 0 Å². The molecular formula is C17H14O7. The second-order valence-corrected chi connectivity index (χ2v) is 5.96. The first kappa shape index (κ1) is 14.9. The quantitative estimate of drug-likeness (QED) is 0.772. The fourth-order valence-corrected chi connectivity index (χ4v) is 3.60. The van der Waals surface area contributed by atoms with Gasteiger partial charge in [-0.25, -0.2) is 0 Å². The second-order valence-electron chi connectivity index (χ2n) is 5.96. The van der Waals surface area contributed by atoms with Crippen molar-refractivity contribution in [1.29, 1.82) is 0 Å². The maximum Gasteiger partial charge on any atom is 0.309 e. The lowest BCUT2D eigenvalue weighted by Gasteiger charge is -2.35. The van der Waals surface area contributed by atoms with Gasteiger partial charge in [-0.05, 0) is 19.1 Å². The van der Waals surface area contributed by atoms with Crippen LogP contribution in [0.15, 0.2) is 23.3 Å². The highest BCUT2D eigenvalue weighted by atomic mass is 16.6. The number of aromatic hydroxyl groups is 1. The van der Waals surface area contributed by atoms with Gasteiger partial charge in [-0.3, -0.25) is 14.4 Å². The Balaban J connectivity index is 1.93. The molecule has 1 N–H and O–H groups in total. The van der Waals surface area contributed by atoms with Gasteiger partial charge in [0.15, 0.2) is 29.2 Å². The summed E-state index contributed by atoms with van der Waals surface area (Å²) < 4.78 is 15.9. The molecule has 2 heterocycles. The Kier molecular flexibility index (Phi) is 3.05. The Morgan fingerprint density at radius 1 is 1.17 bits per heavy atom. The van der Waals surface area contributed by atoms with Gasteiger partial charge in [0.2, 0.25) is 0 Å². The SMILES string of the molecule is COc1ccc2c(c1O)C(=O)C1=C(C2=O)[C@H]2OC(=O)C[C@H]2O[C@@H]1C. The van der Waals surface area contributed by atoms with Gasteiger partial charge in [0, 0.05) is 11.1 Å². The Morgan fingerprint density at radius 3 is 2.62 bits per heavy atom. The molecule has 124 valence electrons. The van der Waals surface area contributed by atoms with Gasteiger partial charge in [-0.1, -0.05) is 0 Å². The average molecular weight is 330 g/mol. The summed E-state index contributed by atoms with van der Waals surface area (Å²) in [6, 6.07) is 2.86. The zero-order chi connectivity index (χ0) is 17.2. The summed E-state index contributed by atoms with van der Waals surface area (Å²) in [5.41, 5.74) is 0.267. The zero-order valence-corrected chi connectivity index (χ0v) is 13.0. The average Bonchev–Trinajstić information content (AvgIpc) is 2.91. The minimum Gasteiger partial charge on any atom is -0.504 e. The number of hydrogen-bond acceptors (Lipinski definition) is 7. The molecule has 1 aromatic carbocycles. The molecule has 0 amide bonds. The minimum absolute atomic E-state index is 0.0496. The smallest absolute Gasteiger partial charge is 0.309 e. The van der Waals surface area contributed by atoms with Crippen molar-refractivity contribution in [2.45, 2.75) is 31.7 Å². The molecule has 4 rings (SSSR count). The highest BCUT2D eigenvalue weighted by Crippen LogP contribution is 2.44. The number of carbonyl (C=O) groups excluding carboxylic acids is 3. The van der Waals surface area contributed by atoms with Crippen molar-refractivity contribution in [3.8, 4) is 11.5 Å².